The summed E-state index contributed by atoms with van der Waals surface area (Å²) in [5, 5.41) is 0.427. The van der Waals surface area contributed by atoms with Crippen LogP contribution in [0.2, 0.25) is 0 Å². The van der Waals surface area contributed by atoms with Crippen molar-refractivity contribution in [2.24, 2.45) is 0 Å². The van der Waals surface area contributed by atoms with Crippen molar-refractivity contribution in [3.05, 3.63) is 54.1 Å². The Labute approximate surface area is 157 Å². The second-order valence-electron chi connectivity index (χ2n) is 6.03. The van der Waals surface area contributed by atoms with Gasteiger partial charge < -0.3 is 14.4 Å². The lowest BCUT2D eigenvalue weighted by Gasteiger charge is -2.22. The van der Waals surface area contributed by atoms with Gasteiger partial charge >= 0.3 is 5.97 Å². The molecule has 0 aliphatic carbocycles. The number of nitrogens with zero attached hydrogens (tertiary/aromatic N) is 1. The van der Waals surface area contributed by atoms with Gasteiger partial charge in [0.25, 0.3) is 5.91 Å². The Morgan fingerprint density at radius 1 is 1.15 bits per heavy atom. The maximum atomic E-state index is 12.7. The lowest BCUT2D eigenvalue weighted by Crippen LogP contribution is -2.35. The summed E-state index contributed by atoms with van der Waals surface area (Å²) in [6.07, 6.45) is 0.886. The van der Waals surface area contributed by atoms with Gasteiger partial charge in [0, 0.05) is 16.7 Å². The van der Waals surface area contributed by atoms with Gasteiger partial charge in [0.2, 0.25) is 0 Å². The molecule has 0 N–H and O–H groups in total. The standard InChI is InChI=1S/C20H21NO4S/c1-14-11-12-21(17-5-3-4-6-18(17)26-14)19(22)13-25-20(23)15-7-9-16(24-2)10-8-15/h3-10,14H,11-13H2,1-2H3. The molecule has 5 nitrogen and oxygen atoms in total. The molecule has 0 fully saturated rings. The molecular formula is C20H21NO4S. The minimum Gasteiger partial charge on any atom is -0.497 e. The number of hydrogen-bond donors (Lipinski definition) is 0. The van der Waals surface area contributed by atoms with E-state index in [1.165, 1.54) is 0 Å². The average molecular weight is 371 g/mol. The van der Waals surface area contributed by atoms with E-state index < -0.39 is 5.97 Å². The fourth-order valence-corrected chi connectivity index (χ4v) is 3.87. The Hall–Kier alpha value is -2.47. The average Bonchev–Trinajstić information content (AvgIpc) is 2.84. The van der Waals surface area contributed by atoms with E-state index in [9.17, 15) is 9.59 Å². The Bertz CT molecular complexity index is 791. The van der Waals surface area contributed by atoms with Gasteiger partial charge in [-0.1, -0.05) is 19.1 Å². The molecule has 6 heteroatoms. The van der Waals surface area contributed by atoms with Crippen LogP contribution >= 0.6 is 11.8 Å². The molecule has 1 heterocycles. The van der Waals surface area contributed by atoms with E-state index in [-0.39, 0.29) is 12.5 Å². The van der Waals surface area contributed by atoms with Crippen molar-refractivity contribution >= 4 is 29.3 Å². The van der Waals surface area contributed by atoms with Crippen molar-refractivity contribution in [1.82, 2.24) is 0 Å². The fraction of sp³-hybridized carbons (Fsp3) is 0.300. The summed E-state index contributed by atoms with van der Waals surface area (Å²) in [5.41, 5.74) is 1.27. The molecule has 0 radical (unpaired) electrons. The summed E-state index contributed by atoms with van der Waals surface area (Å²) in [4.78, 5) is 27.6. The maximum absolute atomic E-state index is 12.7. The Morgan fingerprint density at radius 2 is 1.88 bits per heavy atom. The van der Waals surface area contributed by atoms with E-state index >= 15 is 0 Å². The Balaban J connectivity index is 1.66. The number of hydrogen-bond acceptors (Lipinski definition) is 5. The highest BCUT2D eigenvalue weighted by Gasteiger charge is 2.24. The molecular weight excluding hydrogens is 350 g/mol. The number of ether oxygens (including phenoxy) is 2. The van der Waals surface area contributed by atoms with Crippen LogP contribution in [0.1, 0.15) is 23.7 Å². The zero-order valence-electron chi connectivity index (χ0n) is 14.8. The van der Waals surface area contributed by atoms with Crippen molar-refractivity contribution in [3.8, 4) is 5.75 Å². The highest BCUT2D eigenvalue weighted by Crippen LogP contribution is 2.37. The Kier molecular flexibility index (Phi) is 5.83. The fourth-order valence-electron chi connectivity index (χ4n) is 2.76. The zero-order chi connectivity index (χ0) is 18.5. The quantitative estimate of drug-likeness (QED) is 0.766. The number of carbonyl (C=O) groups excluding carboxylic acids is 2. The van der Waals surface area contributed by atoms with E-state index in [1.807, 2.05) is 24.3 Å². The molecule has 0 spiro atoms. The second-order valence-corrected chi connectivity index (χ2v) is 7.52. The van der Waals surface area contributed by atoms with Gasteiger partial charge in [-0.25, -0.2) is 4.79 Å². The lowest BCUT2D eigenvalue weighted by atomic mass is 10.2. The van der Waals surface area contributed by atoms with Crippen LogP contribution in [0.5, 0.6) is 5.75 Å². The summed E-state index contributed by atoms with van der Waals surface area (Å²) in [7, 11) is 1.56. The first-order chi connectivity index (χ1) is 12.6. The number of methoxy groups -OCH3 is 1. The van der Waals surface area contributed by atoms with Gasteiger partial charge in [-0.2, -0.15) is 0 Å². The number of anilines is 1. The number of rotatable bonds is 4. The minimum atomic E-state index is -0.521. The highest BCUT2D eigenvalue weighted by molar-refractivity contribution is 8.00. The van der Waals surface area contributed by atoms with Gasteiger partial charge in [-0.05, 0) is 42.8 Å². The molecule has 1 unspecified atom stereocenters. The highest BCUT2D eigenvalue weighted by atomic mass is 32.2. The van der Waals surface area contributed by atoms with Crippen LogP contribution in [0.3, 0.4) is 0 Å². The number of amides is 1. The van der Waals surface area contributed by atoms with Crippen molar-refractivity contribution in [1.29, 1.82) is 0 Å². The van der Waals surface area contributed by atoms with Gasteiger partial charge in [-0.15, -0.1) is 11.8 Å². The van der Waals surface area contributed by atoms with Crippen LogP contribution in [0.25, 0.3) is 0 Å². The summed E-state index contributed by atoms with van der Waals surface area (Å²) < 4.78 is 10.3. The van der Waals surface area contributed by atoms with Crippen LogP contribution in [-0.4, -0.2) is 37.4 Å². The topological polar surface area (TPSA) is 55.8 Å². The molecule has 2 aromatic carbocycles. The summed E-state index contributed by atoms with van der Waals surface area (Å²) in [5.74, 6) is -0.0775. The number of benzene rings is 2. The molecule has 0 saturated carbocycles. The van der Waals surface area contributed by atoms with Gasteiger partial charge in [-0.3, -0.25) is 4.79 Å². The third kappa shape index (κ3) is 4.19. The van der Waals surface area contributed by atoms with Crippen molar-refractivity contribution < 1.29 is 19.1 Å². The van der Waals surface area contributed by atoms with Gasteiger partial charge in [0.05, 0.1) is 18.4 Å². The van der Waals surface area contributed by atoms with Crippen LogP contribution in [0.4, 0.5) is 5.69 Å². The first kappa shape index (κ1) is 18.3. The first-order valence-electron chi connectivity index (χ1n) is 8.45. The van der Waals surface area contributed by atoms with Crippen molar-refractivity contribution in [2.45, 2.75) is 23.5 Å². The predicted octanol–water partition coefficient (Wildman–Crippen LogP) is 3.77. The van der Waals surface area contributed by atoms with E-state index in [4.69, 9.17) is 9.47 Å². The molecule has 2 aromatic rings. The Morgan fingerprint density at radius 3 is 2.62 bits per heavy atom. The van der Waals surface area contributed by atoms with E-state index in [1.54, 1.807) is 48.0 Å². The smallest absolute Gasteiger partial charge is 0.338 e. The predicted molar refractivity (Wildman–Crippen MR) is 102 cm³/mol. The normalized spacial score (nSPS) is 16.4. The largest absolute Gasteiger partial charge is 0.497 e. The van der Waals surface area contributed by atoms with Crippen LogP contribution in [-0.2, 0) is 9.53 Å². The lowest BCUT2D eigenvalue weighted by molar-refractivity contribution is -0.121. The third-order valence-electron chi connectivity index (χ3n) is 4.20. The summed E-state index contributed by atoms with van der Waals surface area (Å²) in [6, 6.07) is 14.4. The molecule has 1 atom stereocenters. The molecule has 1 amide bonds. The van der Waals surface area contributed by atoms with Crippen LogP contribution in [0.15, 0.2) is 53.4 Å². The molecule has 1 aliphatic rings. The molecule has 136 valence electrons. The molecule has 0 bridgehead atoms. The zero-order valence-corrected chi connectivity index (χ0v) is 15.6. The number of fused-ring (bicyclic) bond motifs is 1. The third-order valence-corrected chi connectivity index (χ3v) is 5.43. The second kappa shape index (κ2) is 8.27. The molecule has 3 rings (SSSR count). The van der Waals surface area contributed by atoms with Gasteiger partial charge in [0.1, 0.15) is 5.75 Å². The number of para-hydroxylation sites is 1. The monoisotopic (exact) mass is 371 g/mol. The van der Waals surface area contributed by atoms with Gasteiger partial charge in [0.15, 0.2) is 6.61 Å². The minimum absolute atomic E-state index is 0.214. The van der Waals surface area contributed by atoms with E-state index in [0.29, 0.717) is 23.1 Å². The maximum Gasteiger partial charge on any atom is 0.338 e. The van der Waals surface area contributed by atoms with Crippen LogP contribution < -0.4 is 9.64 Å². The molecule has 0 aromatic heterocycles. The molecule has 26 heavy (non-hydrogen) atoms. The number of carbonyl (C=O) groups is 2. The van der Waals surface area contributed by atoms with E-state index in [0.717, 1.165) is 17.0 Å². The van der Waals surface area contributed by atoms with Crippen molar-refractivity contribution in [2.75, 3.05) is 25.2 Å². The summed E-state index contributed by atoms with van der Waals surface area (Å²) in [6.45, 7) is 2.49. The van der Waals surface area contributed by atoms with Crippen LogP contribution in [0, 0.1) is 0 Å². The summed E-state index contributed by atoms with van der Waals surface area (Å²) >= 11 is 1.77. The first-order valence-corrected chi connectivity index (χ1v) is 9.33. The number of esters is 1. The molecule has 0 saturated heterocycles. The molecule has 1 aliphatic heterocycles. The number of thioether (sulfide) groups is 1. The van der Waals surface area contributed by atoms with E-state index in [2.05, 4.69) is 6.92 Å². The van der Waals surface area contributed by atoms with Crippen molar-refractivity contribution in [3.63, 3.8) is 0 Å². The SMILES string of the molecule is COc1ccc(C(=O)OCC(=O)N2CCC(C)Sc3ccccc32)cc1.